The highest BCUT2D eigenvalue weighted by atomic mass is 127. The molecule has 0 amide bonds. The van der Waals surface area contributed by atoms with E-state index in [1.807, 2.05) is 40.8 Å². The number of ether oxygens (including phenoxy) is 2. The van der Waals surface area contributed by atoms with Crippen molar-refractivity contribution in [3.8, 4) is 17.2 Å². The predicted molar refractivity (Wildman–Crippen MR) is 199 cm³/mol. The standard InChI is InChI=1S/C17H20BrNO.C15H12I3NO4/c1-19(2)12-13-20-17(14-6-4-3-5-7-14)15-8-10-16(18)11-9-15;16-9-6-8(1-2-13(9)20)23-14-10(17)3-7(4-11(14)18)5-12(19)15(21)22/h3-11,17H,12-13H2,1-2H3;1-4,6,12,20H,5,19H2,(H,21,22)/t;12-/m.0/s1. The summed E-state index contributed by atoms with van der Waals surface area (Å²) in [6.07, 6.45) is 0.253. The first-order valence-corrected chi connectivity index (χ1v) is 17.2. The number of benzene rings is 4. The summed E-state index contributed by atoms with van der Waals surface area (Å²) < 4.78 is 15.5. The van der Waals surface area contributed by atoms with Crippen molar-refractivity contribution in [2.45, 2.75) is 18.6 Å². The molecule has 0 aliphatic heterocycles. The van der Waals surface area contributed by atoms with Gasteiger partial charge in [-0.2, -0.15) is 0 Å². The smallest absolute Gasteiger partial charge is 0.320 e. The van der Waals surface area contributed by atoms with Gasteiger partial charge in [0.15, 0.2) is 5.75 Å². The van der Waals surface area contributed by atoms with Crippen LogP contribution in [0.2, 0.25) is 0 Å². The molecule has 0 heterocycles. The van der Waals surface area contributed by atoms with Crippen LogP contribution in [0.3, 0.4) is 0 Å². The Morgan fingerprint density at radius 2 is 1.51 bits per heavy atom. The number of nitrogens with two attached hydrogens (primary N) is 1. The van der Waals surface area contributed by atoms with Gasteiger partial charge in [0.25, 0.3) is 0 Å². The number of phenolic OH excluding ortho intramolecular Hbond substituents is 1. The minimum atomic E-state index is -1.02. The van der Waals surface area contributed by atoms with Crippen molar-refractivity contribution in [3.05, 3.63) is 117 Å². The number of halogens is 4. The molecule has 0 aliphatic rings. The zero-order valence-corrected chi connectivity index (χ0v) is 31.6. The van der Waals surface area contributed by atoms with Gasteiger partial charge in [-0.1, -0.05) is 58.4 Å². The van der Waals surface area contributed by atoms with E-state index in [9.17, 15) is 9.90 Å². The van der Waals surface area contributed by atoms with Crippen molar-refractivity contribution >= 4 is 89.7 Å². The molecule has 0 saturated carbocycles. The van der Waals surface area contributed by atoms with Crippen molar-refractivity contribution in [2.24, 2.45) is 5.73 Å². The molecule has 4 rings (SSSR count). The Hall–Kier alpha value is -1.50. The van der Waals surface area contributed by atoms with Gasteiger partial charge in [-0.3, -0.25) is 4.79 Å². The lowest BCUT2D eigenvalue weighted by molar-refractivity contribution is -0.138. The Labute approximate surface area is 301 Å². The second kappa shape index (κ2) is 17.8. The van der Waals surface area contributed by atoms with E-state index in [-0.39, 0.29) is 18.3 Å². The number of carbonyl (C=O) groups is 1. The highest BCUT2D eigenvalue weighted by Crippen LogP contribution is 2.35. The summed E-state index contributed by atoms with van der Waals surface area (Å²) in [5.41, 5.74) is 8.80. The van der Waals surface area contributed by atoms with Crippen molar-refractivity contribution in [1.29, 1.82) is 0 Å². The molecule has 0 aromatic heterocycles. The Morgan fingerprint density at radius 3 is 2.07 bits per heavy atom. The number of likely N-dealkylation sites (N-methyl/N-ethyl adjacent to an activating group) is 1. The van der Waals surface area contributed by atoms with Crippen LogP contribution in [-0.2, 0) is 16.0 Å². The molecule has 43 heavy (non-hydrogen) atoms. The lowest BCUT2D eigenvalue weighted by Crippen LogP contribution is -2.32. The van der Waals surface area contributed by atoms with Crippen LogP contribution in [0, 0.1) is 10.7 Å². The van der Waals surface area contributed by atoms with Crippen LogP contribution in [0.15, 0.2) is 89.4 Å². The molecule has 0 fully saturated rings. The van der Waals surface area contributed by atoms with E-state index in [1.165, 1.54) is 11.1 Å². The minimum Gasteiger partial charge on any atom is -0.507 e. The molecule has 0 saturated heterocycles. The van der Waals surface area contributed by atoms with Crippen LogP contribution in [0.4, 0.5) is 0 Å². The average Bonchev–Trinajstić information content (AvgIpc) is 2.96. The summed E-state index contributed by atoms with van der Waals surface area (Å²) in [5.74, 6) is 0.507. The Bertz CT molecular complexity index is 1470. The number of aliphatic carboxylic acids is 1. The minimum absolute atomic E-state index is 0.00995. The van der Waals surface area contributed by atoms with E-state index in [1.54, 1.807) is 18.2 Å². The van der Waals surface area contributed by atoms with Gasteiger partial charge in [-0.25, -0.2) is 0 Å². The summed E-state index contributed by atoms with van der Waals surface area (Å²) in [7, 11) is 4.11. The molecule has 2 atom stereocenters. The normalized spacial score (nSPS) is 12.3. The van der Waals surface area contributed by atoms with E-state index >= 15 is 0 Å². The number of aromatic hydroxyl groups is 1. The van der Waals surface area contributed by atoms with Gasteiger partial charge < -0.3 is 30.3 Å². The van der Waals surface area contributed by atoms with Crippen LogP contribution in [0.25, 0.3) is 0 Å². The number of carboxylic acids is 1. The maximum atomic E-state index is 10.9. The first-order chi connectivity index (χ1) is 20.4. The lowest BCUT2D eigenvalue weighted by Gasteiger charge is -2.20. The predicted octanol–water partition coefficient (Wildman–Crippen LogP) is 8.07. The molecule has 4 aromatic rings. The molecular weight excluding hydrogens is 953 g/mol. The van der Waals surface area contributed by atoms with Crippen LogP contribution in [0.1, 0.15) is 22.8 Å². The summed E-state index contributed by atoms with van der Waals surface area (Å²) >= 11 is 9.80. The van der Waals surface area contributed by atoms with Gasteiger partial charge in [-0.15, -0.1) is 0 Å². The van der Waals surface area contributed by atoms with E-state index in [4.69, 9.17) is 20.3 Å². The Morgan fingerprint density at radius 1 is 0.907 bits per heavy atom. The first kappa shape index (κ1) is 36.0. The molecular formula is C32H32BrI3N2O5. The SMILES string of the molecule is CN(C)CCOC(c1ccccc1)c1ccc(Br)cc1.N[C@@H](Cc1cc(I)c(Oc2ccc(O)c(I)c2)c(I)c1)C(=O)O. The van der Waals surface area contributed by atoms with E-state index < -0.39 is 12.0 Å². The van der Waals surface area contributed by atoms with Crippen LogP contribution < -0.4 is 10.5 Å². The molecule has 0 radical (unpaired) electrons. The van der Waals surface area contributed by atoms with E-state index in [0.717, 1.165) is 23.7 Å². The maximum absolute atomic E-state index is 10.9. The van der Waals surface area contributed by atoms with Crippen molar-refractivity contribution in [3.63, 3.8) is 0 Å². The van der Waals surface area contributed by atoms with Gasteiger partial charge in [0.1, 0.15) is 23.6 Å². The van der Waals surface area contributed by atoms with Crippen LogP contribution in [0.5, 0.6) is 17.2 Å². The maximum Gasteiger partial charge on any atom is 0.320 e. The largest absolute Gasteiger partial charge is 0.507 e. The number of rotatable bonds is 11. The highest BCUT2D eigenvalue weighted by molar-refractivity contribution is 14.1. The molecule has 4 N–H and O–H groups in total. The third-order valence-electron chi connectivity index (χ3n) is 6.07. The summed E-state index contributed by atoms with van der Waals surface area (Å²) in [6, 6.07) is 26.5. The first-order valence-electron chi connectivity index (χ1n) is 13.1. The third-order valence-corrected chi connectivity index (χ3v) is 9.06. The fourth-order valence-corrected chi connectivity index (χ4v) is 6.71. The number of phenols is 1. The average molecular weight is 985 g/mol. The van der Waals surface area contributed by atoms with Crippen molar-refractivity contribution in [1.82, 2.24) is 4.90 Å². The van der Waals surface area contributed by atoms with E-state index in [2.05, 4.69) is 129 Å². The van der Waals surface area contributed by atoms with Gasteiger partial charge >= 0.3 is 5.97 Å². The molecule has 0 aliphatic carbocycles. The fraction of sp³-hybridized carbons (Fsp3) is 0.219. The Balaban J connectivity index is 0.000000238. The number of carboxylic acid groups (broad SMARTS) is 1. The topological polar surface area (TPSA) is 105 Å². The number of nitrogens with zero attached hydrogens (tertiary/aromatic N) is 1. The number of hydrogen-bond acceptors (Lipinski definition) is 6. The fourth-order valence-electron chi connectivity index (χ4n) is 3.84. The number of hydrogen-bond donors (Lipinski definition) is 3. The quantitative estimate of drug-likeness (QED) is 0.131. The van der Waals surface area contributed by atoms with Crippen molar-refractivity contribution in [2.75, 3.05) is 27.2 Å². The molecule has 0 spiro atoms. The molecule has 4 aromatic carbocycles. The second-order valence-electron chi connectivity index (χ2n) is 9.77. The molecule has 1 unspecified atom stereocenters. The molecule has 11 heteroatoms. The zero-order chi connectivity index (χ0) is 31.5. The molecule has 228 valence electrons. The summed E-state index contributed by atoms with van der Waals surface area (Å²) in [4.78, 5) is 13.0. The highest BCUT2D eigenvalue weighted by Gasteiger charge is 2.17. The van der Waals surface area contributed by atoms with Gasteiger partial charge in [0, 0.05) is 11.0 Å². The second-order valence-corrected chi connectivity index (χ2v) is 14.2. The summed E-state index contributed by atoms with van der Waals surface area (Å²) in [6.45, 7) is 1.63. The zero-order valence-electron chi connectivity index (χ0n) is 23.5. The monoisotopic (exact) mass is 984 g/mol. The lowest BCUT2D eigenvalue weighted by atomic mass is 10.0. The molecule has 7 nitrogen and oxygen atoms in total. The molecule has 0 bridgehead atoms. The van der Waals surface area contributed by atoms with Gasteiger partial charge in [0.2, 0.25) is 0 Å². The van der Waals surface area contributed by atoms with Crippen LogP contribution in [-0.4, -0.2) is 54.4 Å². The Kier molecular flexibility index (Phi) is 14.9. The van der Waals surface area contributed by atoms with Crippen LogP contribution >= 0.6 is 83.7 Å². The van der Waals surface area contributed by atoms with Crippen molar-refractivity contribution < 1.29 is 24.5 Å². The van der Waals surface area contributed by atoms with Gasteiger partial charge in [-0.05, 0) is 147 Å². The third kappa shape index (κ3) is 11.7. The van der Waals surface area contributed by atoms with E-state index in [0.29, 0.717) is 21.7 Å². The summed E-state index contributed by atoms with van der Waals surface area (Å²) in [5, 5.41) is 18.5. The van der Waals surface area contributed by atoms with Gasteiger partial charge in [0.05, 0.1) is 17.3 Å².